The van der Waals surface area contributed by atoms with E-state index < -0.39 is 0 Å². The molecule has 0 radical (unpaired) electrons. The van der Waals surface area contributed by atoms with Crippen LogP contribution in [0.1, 0.15) is 42.4 Å². The molecule has 1 aliphatic rings. The number of carbonyl (C=O) groups is 2. The number of anilines is 1. The molecule has 9 heteroatoms. The minimum absolute atomic E-state index is 0.156. The van der Waals surface area contributed by atoms with Crippen molar-refractivity contribution in [2.24, 2.45) is 0 Å². The van der Waals surface area contributed by atoms with E-state index in [-0.39, 0.29) is 18.0 Å². The second kappa shape index (κ2) is 10.8. The smallest absolute Gasteiger partial charge is 0.409 e. The maximum Gasteiger partial charge on any atom is 0.409 e. The lowest BCUT2D eigenvalue weighted by atomic mass is 10.1. The molecular weight excluding hydrogens is 360 g/mol. The zero-order valence-electron chi connectivity index (χ0n) is 17.3. The van der Waals surface area contributed by atoms with Crippen LogP contribution in [-0.2, 0) is 4.74 Å². The first-order valence-corrected chi connectivity index (χ1v) is 9.86. The Labute approximate surface area is 166 Å². The molecule has 2 rings (SSSR count). The van der Waals surface area contributed by atoms with Crippen LogP contribution in [0.4, 0.5) is 10.7 Å². The summed E-state index contributed by atoms with van der Waals surface area (Å²) in [5.74, 6) is 0.262. The fraction of sp³-hybridized carbons (Fsp3) is 0.684. The van der Waals surface area contributed by atoms with Gasteiger partial charge >= 0.3 is 6.09 Å². The Morgan fingerprint density at radius 2 is 2.00 bits per heavy atom. The highest BCUT2D eigenvalue weighted by Gasteiger charge is 2.24. The zero-order chi connectivity index (χ0) is 20.5. The summed E-state index contributed by atoms with van der Waals surface area (Å²) < 4.78 is 5.04. The number of hydrogen-bond donors (Lipinski definition) is 2. The molecule has 1 aliphatic heterocycles. The van der Waals surface area contributed by atoms with Gasteiger partial charge in [0.05, 0.1) is 6.61 Å². The number of nitrogens with zero attached hydrogens (tertiary/aromatic N) is 4. The third-order valence-corrected chi connectivity index (χ3v) is 4.51. The van der Waals surface area contributed by atoms with Crippen LogP contribution < -0.4 is 10.6 Å². The van der Waals surface area contributed by atoms with Crippen molar-refractivity contribution in [3.63, 3.8) is 0 Å². The maximum absolute atomic E-state index is 12.4. The fourth-order valence-corrected chi connectivity index (χ4v) is 3.04. The monoisotopic (exact) mass is 392 g/mol. The van der Waals surface area contributed by atoms with E-state index in [4.69, 9.17) is 4.74 Å². The second-order valence-electron chi connectivity index (χ2n) is 7.24. The van der Waals surface area contributed by atoms with E-state index in [1.807, 2.05) is 21.0 Å². The number of nitrogens with one attached hydrogen (secondary N) is 2. The fourth-order valence-electron chi connectivity index (χ4n) is 3.04. The molecule has 1 aromatic rings. The van der Waals surface area contributed by atoms with Gasteiger partial charge < -0.3 is 25.2 Å². The summed E-state index contributed by atoms with van der Waals surface area (Å²) in [5.41, 5.74) is 1.10. The molecule has 0 aromatic carbocycles. The van der Waals surface area contributed by atoms with Gasteiger partial charge in [-0.3, -0.25) is 4.79 Å². The summed E-state index contributed by atoms with van der Waals surface area (Å²) in [4.78, 5) is 36.7. The van der Waals surface area contributed by atoms with Gasteiger partial charge in [-0.1, -0.05) is 0 Å². The van der Waals surface area contributed by atoms with Crippen LogP contribution in [-0.4, -0.2) is 84.7 Å². The van der Waals surface area contributed by atoms with Gasteiger partial charge in [-0.15, -0.1) is 0 Å². The van der Waals surface area contributed by atoms with Gasteiger partial charge in [0.2, 0.25) is 5.95 Å². The summed E-state index contributed by atoms with van der Waals surface area (Å²) in [7, 11) is 4.01. The Balaban J connectivity index is 1.87. The van der Waals surface area contributed by atoms with Crippen molar-refractivity contribution in [2.45, 2.75) is 39.2 Å². The molecule has 1 saturated heterocycles. The summed E-state index contributed by atoms with van der Waals surface area (Å²) >= 11 is 0. The molecule has 2 N–H and O–H groups in total. The van der Waals surface area contributed by atoms with Crippen molar-refractivity contribution in [3.8, 4) is 0 Å². The van der Waals surface area contributed by atoms with Gasteiger partial charge in [0.1, 0.15) is 5.69 Å². The molecule has 0 atom stereocenters. The number of ether oxygens (including phenoxy) is 1. The molecule has 9 nitrogen and oxygen atoms in total. The Morgan fingerprint density at radius 3 is 2.64 bits per heavy atom. The highest BCUT2D eigenvalue weighted by atomic mass is 16.6. The molecule has 0 saturated carbocycles. The number of likely N-dealkylation sites (tertiary alicyclic amines) is 1. The van der Waals surface area contributed by atoms with E-state index in [0.29, 0.717) is 37.9 Å². The molecule has 2 heterocycles. The number of aryl methyl sites for hydroxylation is 1. The normalized spacial score (nSPS) is 14.8. The van der Waals surface area contributed by atoms with Gasteiger partial charge in [0.25, 0.3) is 5.91 Å². The average molecular weight is 393 g/mol. The van der Waals surface area contributed by atoms with Crippen molar-refractivity contribution in [1.29, 1.82) is 0 Å². The minimum Gasteiger partial charge on any atom is -0.450 e. The number of amides is 2. The van der Waals surface area contributed by atoms with Crippen LogP contribution in [0.3, 0.4) is 0 Å². The summed E-state index contributed by atoms with van der Waals surface area (Å²) in [6.45, 7) is 6.81. The summed E-state index contributed by atoms with van der Waals surface area (Å²) in [5, 5.41) is 6.20. The highest BCUT2D eigenvalue weighted by molar-refractivity contribution is 5.92. The largest absolute Gasteiger partial charge is 0.450 e. The molecule has 0 spiro atoms. The average Bonchev–Trinajstić information content (AvgIpc) is 2.65. The van der Waals surface area contributed by atoms with E-state index in [1.165, 1.54) is 0 Å². The van der Waals surface area contributed by atoms with Gasteiger partial charge in [-0.05, 0) is 59.8 Å². The Bertz CT molecular complexity index is 659. The lowest BCUT2D eigenvalue weighted by molar-refractivity contribution is 0.0944. The first kappa shape index (κ1) is 21.9. The quantitative estimate of drug-likeness (QED) is 0.647. The van der Waals surface area contributed by atoms with Gasteiger partial charge in [-0.25, -0.2) is 14.8 Å². The SMILES string of the molecule is CCOC(=O)N1CCC(Nc2nc(C)cc(C(=O)NCCCN(C)C)n2)CC1. The Kier molecular flexibility index (Phi) is 8.43. The number of hydrogen-bond acceptors (Lipinski definition) is 7. The van der Waals surface area contributed by atoms with E-state index in [0.717, 1.165) is 31.5 Å². The van der Waals surface area contributed by atoms with Crippen LogP contribution in [0.5, 0.6) is 0 Å². The standard InChI is InChI=1S/C19H32N6O3/c1-5-28-19(27)25-11-7-15(8-12-25)22-18-21-14(2)13-16(23-18)17(26)20-9-6-10-24(3)4/h13,15H,5-12H2,1-4H3,(H,20,26)(H,21,22,23). The van der Waals surface area contributed by atoms with Crippen LogP contribution >= 0.6 is 0 Å². The Morgan fingerprint density at radius 1 is 1.29 bits per heavy atom. The first-order valence-electron chi connectivity index (χ1n) is 9.86. The third kappa shape index (κ3) is 6.95. The number of rotatable bonds is 8. The van der Waals surface area contributed by atoms with Crippen LogP contribution in [0.2, 0.25) is 0 Å². The van der Waals surface area contributed by atoms with Crippen LogP contribution in [0, 0.1) is 6.92 Å². The predicted molar refractivity (Wildman–Crippen MR) is 108 cm³/mol. The molecule has 2 amide bonds. The first-order chi connectivity index (χ1) is 13.4. The molecule has 0 unspecified atom stereocenters. The topological polar surface area (TPSA) is 99.7 Å². The van der Waals surface area contributed by atoms with Gasteiger partial charge in [0, 0.05) is 31.4 Å². The Hall–Kier alpha value is -2.42. The molecule has 0 bridgehead atoms. The summed E-state index contributed by atoms with van der Waals surface area (Å²) in [6, 6.07) is 1.85. The predicted octanol–water partition coefficient (Wildman–Crippen LogP) is 1.50. The van der Waals surface area contributed by atoms with Crippen molar-refractivity contribution in [3.05, 3.63) is 17.5 Å². The van der Waals surface area contributed by atoms with Crippen LogP contribution in [0.25, 0.3) is 0 Å². The highest BCUT2D eigenvalue weighted by Crippen LogP contribution is 2.16. The zero-order valence-corrected chi connectivity index (χ0v) is 17.3. The number of carbonyl (C=O) groups excluding carboxylic acids is 2. The molecular formula is C19H32N6O3. The molecule has 1 fully saturated rings. The number of aromatic nitrogens is 2. The van der Waals surface area contributed by atoms with Gasteiger partial charge in [-0.2, -0.15) is 0 Å². The third-order valence-electron chi connectivity index (χ3n) is 4.51. The minimum atomic E-state index is -0.263. The van der Waals surface area contributed by atoms with Crippen molar-refractivity contribution >= 4 is 17.9 Å². The van der Waals surface area contributed by atoms with Gasteiger partial charge in [0.15, 0.2) is 0 Å². The molecule has 0 aliphatic carbocycles. The maximum atomic E-state index is 12.4. The molecule has 156 valence electrons. The van der Waals surface area contributed by atoms with Crippen molar-refractivity contribution in [1.82, 2.24) is 25.1 Å². The van der Waals surface area contributed by atoms with E-state index >= 15 is 0 Å². The lowest BCUT2D eigenvalue weighted by Gasteiger charge is -2.31. The second-order valence-corrected chi connectivity index (χ2v) is 7.24. The van der Waals surface area contributed by atoms with E-state index in [1.54, 1.807) is 17.9 Å². The molecule has 1 aromatic heterocycles. The van der Waals surface area contributed by atoms with E-state index in [9.17, 15) is 9.59 Å². The summed E-state index contributed by atoms with van der Waals surface area (Å²) in [6.07, 6.45) is 2.18. The van der Waals surface area contributed by atoms with Crippen molar-refractivity contribution < 1.29 is 14.3 Å². The lowest BCUT2D eigenvalue weighted by Crippen LogP contribution is -2.42. The number of piperidine rings is 1. The van der Waals surface area contributed by atoms with E-state index in [2.05, 4.69) is 25.5 Å². The van der Waals surface area contributed by atoms with Crippen LogP contribution in [0.15, 0.2) is 6.07 Å². The van der Waals surface area contributed by atoms with Crippen molar-refractivity contribution in [2.75, 3.05) is 52.2 Å². The molecule has 28 heavy (non-hydrogen) atoms.